The van der Waals surface area contributed by atoms with Gasteiger partial charge in [-0.15, -0.1) is 0 Å². The number of halogens is 1. The zero-order chi connectivity index (χ0) is 14.5. The summed E-state index contributed by atoms with van der Waals surface area (Å²) in [4.78, 5) is 15.8. The molecule has 1 aromatic rings. The van der Waals surface area contributed by atoms with E-state index in [1.165, 1.54) is 0 Å². The van der Waals surface area contributed by atoms with Crippen molar-refractivity contribution in [2.75, 3.05) is 37.7 Å². The molecule has 0 bridgehead atoms. The van der Waals surface area contributed by atoms with E-state index in [0.717, 1.165) is 5.75 Å². The van der Waals surface area contributed by atoms with Crippen LogP contribution in [-0.2, 0) is 16.2 Å². The SMILES string of the molecule is CCOC(=O)c1nc(Br)cn1COCCS(C)(C)C. The molecule has 0 unspecified atom stereocenters. The number of carbonyl (C=O) groups is 1. The second kappa shape index (κ2) is 7.31. The summed E-state index contributed by atoms with van der Waals surface area (Å²) in [6.45, 7) is 3.08. The van der Waals surface area contributed by atoms with Crippen LogP contribution in [0.5, 0.6) is 0 Å². The Hall–Kier alpha value is -0.530. The molecule has 0 spiro atoms. The average Bonchev–Trinajstić information content (AvgIpc) is 2.65. The maximum absolute atomic E-state index is 11.7. The highest BCUT2D eigenvalue weighted by Crippen LogP contribution is 2.33. The highest BCUT2D eigenvalue weighted by molar-refractivity contribution is 9.10. The van der Waals surface area contributed by atoms with Crippen LogP contribution in [0.4, 0.5) is 0 Å². The summed E-state index contributed by atoms with van der Waals surface area (Å²) in [6.07, 6.45) is 8.45. The van der Waals surface area contributed by atoms with Crippen LogP contribution in [-0.4, -0.2) is 53.3 Å². The highest BCUT2D eigenvalue weighted by atomic mass is 79.9. The maximum Gasteiger partial charge on any atom is 0.374 e. The summed E-state index contributed by atoms with van der Waals surface area (Å²) in [5, 5.41) is 0. The number of hydrogen-bond donors (Lipinski definition) is 0. The first-order valence-electron chi connectivity index (χ1n) is 5.97. The molecule has 1 aromatic heterocycles. The van der Waals surface area contributed by atoms with Crippen LogP contribution < -0.4 is 0 Å². The molecule has 0 aromatic carbocycles. The Morgan fingerprint density at radius 2 is 2.16 bits per heavy atom. The minimum absolute atomic E-state index is 0.261. The summed E-state index contributed by atoms with van der Waals surface area (Å²) in [5.41, 5.74) is 0. The lowest BCUT2D eigenvalue weighted by molar-refractivity contribution is 0.0466. The van der Waals surface area contributed by atoms with E-state index in [0.29, 0.717) is 24.5 Å². The smallest absolute Gasteiger partial charge is 0.374 e. The third kappa shape index (κ3) is 5.97. The standard InChI is InChI=1S/C12H21BrN2O3S/c1-5-18-12(16)11-14-10(13)8-15(11)9-17-6-7-19(2,3)4/h8H,5-7,9H2,1-4H3. The Labute approximate surface area is 124 Å². The summed E-state index contributed by atoms with van der Waals surface area (Å²) in [6, 6.07) is 0. The largest absolute Gasteiger partial charge is 0.460 e. The number of imidazole rings is 1. The van der Waals surface area contributed by atoms with Gasteiger partial charge in [0.1, 0.15) is 11.3 Å². The molecule has 19 heavy (non-hydrogen) atoms. The molecule has 0 amide bonds. The van der Waals surface area contributed by atoms with Gasteiger partial charge in [-0.05, 0) is 41.6 Å². The van der Waals surface area contributed by atoms with Gasteiger partial charge in [-0.3, -0.25) is 0 Å². The lowest BCUT2D eigenvalue weighted by Crippen LogP contribution is -2.16. The van der Waals surface area contributed by atoms with Crippen molar-refractivity contribution >= 4 is 31.9 Å². The fourth-order valence-electron chi connectivity index (χ4n) is 1.31. The molecule has 1 rings (SSSR count). The molecule has 0 atom stereocenters. The summed E-state index contributed by atoms with van der Waals surface area (Å²) in [5.74, 6) is 0.868. The van der Waals surface area contributed by atoms with Gasteiger partial charge in [-0.25, -0.2) is 19.8 Å². The van der Waals surface area contributed by atoms with Crippen LogP contribution in [0.3, 0.4) is 0 Å². The van der Waals surface area contributed by atoms with Gasteiger partial charge in [0.25, 0.3) is 0 Å². The predicted octanol–water partition coefficient (Wildman–Crippen LogP) is 2.49. The molecule has 0 saturated heterocycles. The van der Waals surface area contributed by atoms with Gasteiger partial charge >= 0.3 is 5.97 Å². The van der Waals surface area contributed by atoms with Crippen molar-refractivity contribution in [1.29, 1.82) is 0 Å². The number of hydrogen-bond acceptors (Lipinski definition) is 4. The fraction of sp³-hybridized carbons (Fsp3) is 0.667. The van der Waals surface area contributed by atoms with Crippen LogP contribution in [0.15, 0.2) is 10.8 Å². The molecule has 110 valence electrons. The van der Waals surface area contributed by atoms with Crippen molar-refractivity contribution in [3.8, 4) is 0 Å². The summed E-state index contributed by atoms with van der Waals surface area (Å²) in [7, 11) is -0.559. The molecule has 7 heteroatoms. The minimum Gasteiger partial charge on any atom is -0.460 e. The highest BCUT2D eigenvalue weighted by Gasteiger charge is 2.16. The van der Waals surface area contributed by atoms with Crippen molar-refractivity contribution in [3.05, 3.63) is 16.6 Å². The molecule has 1 heterocycles. The number of ether oxygens (including phenoxy) is 2. The number of nitrogens with zero attached hydrogens (tertiary/aromatic N) is 2. The Morgan fingerprint density at radius 1 is 1.47 bits per heavy atom. The van der Waals surface area contributed by atoms with E-state index < -0.39 is 16.0 Å². The lowest BCUT2D eigenvalue weighted by Gasteiger charge is -2.24. The summed E-state index contributed by atoms with van der Waals surface area (Å²) < 4.78 is 12.8. The van der Waals surface area contributed by atoms with Gasteiger partial charge < -0.3 is 14.0 Å². The van der Waals surface area contributed by atoms with Crippen LogP contribution in [0, 0.1) is 0 Å². The molecule has 0 aliphatic rings. The molecule has 0 radical (unpaired) electrons. The Morgan fingerprint density at radius 3 is 2.74 bits per heavy atom. The van der Waals surface area contributed by atoms with Crippen molar-refractivity contribution in [2.45, 2.75) is 13.7 Å². The van der Waals surface area contributed by atoms with Gasteiger partial charge in [0.2, 0.25) is 5.82 Å². The molecule has 0 fully saturated rings. The van der Waals surface area contributed by atoms with Crippen molar-refractivity contribution in [3.63, 3.8) is 0 Å². The van der Waals surface area contributed by atoms with E-state index in [1.807, 2.05) is 0 Å². The third-order valence-corrected chi connectivity index (χ3v) is 4.05. The maximum atomic E-state index is 11.7. The van der Waals surface area contributed by atoms with E-state index >= 15 is 0 Å². The Kier molecular flexibility index (Phi) is 6.35. The zero-order valence-electron chi connectivity index (χ0n) is 11.8. The minimum atomic E-state index is -0.559. The molecule has 0 N–H and O–H groups in total. The summed E-state index contributed by atoms with van der Waals surface area (Å²) >= 11 is 3.25. The molecule has 0 saturated carbocycles. The van der Waals surface area contributed by atoms with Gasteiger partial charge in [0.15, 0.2) is 0 Å². The van der Waals surface area contributed by atoms with Gasteiger partial charge in [0.05, 0.1) is 13.2 Å². The van der Waals surface area contributed by atoms with E-state index in [2.05, 4.69) is 39.7 Å². The number of carbonyl (C=O) groups excluding carboxylic acids is 1. The topological polar surface area (TPSA) is 53.3 Å². The van der Waals surface area contributed by atoms with Crippen LogP contribution >= 0.6 is 26.0 Å². The predicted molar refractivity (Wildman–Crippen MR) is 82.1 cm³/mol. The van der Waals surface area contributed by atoms with E-state index in [1.54, 1.807) is 17.7 Å². The normalized spacial score (nSPS) is 12.5. The first kappa shape index (κ1) is 16.5. The monoisotopic (exact) mass is 352 g/mol. The average molecular weight is 353 g/mol. The Bertz CT molecular complexity index is 429. The fourth-order valence-corrected chi connectivity index (χ4v) is 2.35. The van der Waals surface area contributed by atoms with Gasteiger partial charge in [-0.2, -0.15) is 0 Å². The third-order valence-electron chi connectivity index (χ3n) is 2.28. The molecular formula is C12H21BrN2O3S. The molecular weight excluding hydrogens is 332 g/mol. The van der Waals surface area contributed by atoms with Gasteiger partial charge in [-0.1, -0.05) is 0 Å². The zero-order valence-corrected chi connectivity index (χ0v) is 14.2. The van der Waals surface area contributed by atoms with Crippen LogP contribution in [0.1, 0.15) is 17.5 Å². The van der Waals surface area contributed by atoms with Crippen molar-refractivity contribution in [2.24, 2.45) is 0 Å². The van der Waals surface area contributed by atoms with Crippen LogP contribution in [0.2, 0.25) is 0 Å². The van der Waals surface area contributed by atoms with Gasteiger partial charge in [0, 0.05) is 11.9 Å². The van der Waals surface area contributed by atoms with E-state index in [-0.39, 0.29) is 5.82 Å². The second-order valence-electron chi connectivity index (χ2n) is 4.91. The Balaban J connectivity index is 2.56. The molecule has 5 nitrogen and oxygen atoms in total. The quantitative estimate of drug-likeness (QED) is 0.558. The number of esters is 1. The number of rotatable bonds is 7. The number of aromatic nitrogens is 2. The second-order valence-corrected chi connectivity index (χ2v) is 10.3. The molecule has 0 aliphatic heterocycles. The first-order valence-corrected chi connectivity index (χ1v) is 9.79. The first-order chi connectivity index (χ1) is 8.83. The van der Waals surface area contributed by atoms with Crippen molar-refractivity contribution < 1.29 is 14.3 Å². The van der Waals surface area contributed by atoms with Crippen LogP contribution in [0.25, 0.3) is 0 Å². The van der Waals surface area contributed by atoms with E-state index in [9.17, 15) is 4.79 Å². The molecule has 0 aliphatic carbocycles. The van der Waals surface area contributed by atoms with E-state index in [4.69, 9.17) is 9.47 Å². The lowest BCUT2D eigenvalue weighted by atomic mass is 10.6. The van der Waals surface area contributed by atoms with Crippen molar-refractivity contribution in [1.82, 2.24) is 9.55 Å².